The summed E-state index contributed by atoms with van der Waals surface area (Å²) in [6.07, 6.45) is 2.39. The first-order valence-electron chi connectivity index (χ1n) is 8.66. The van der Waals surface area contributed by atoms with Crippen LogP contribution in [0.25, 0.3) is 0 Å². The van der Waals surface area contributed by atoms with Crippen molar-refractivity contribution in [3.63, 3.8) is 0 Å². The van der Waals surface area contributed by atoms with E-state index in [4.69, 9.17) is 13.7 Å². The van der Waals surface area contributed by atoms with Gasteiger partial charge < -0.3 is 9.47 Å². The van der Waals surface area contributed by atoms with Crippen LogP contribution in [0.1, 0.15) is 48.7 Å². The van der Waals surface area contributed by atoms with Crippen molar-refractivity contribution in [3.05, 3.63) is 29.3 Å². The highest BCUT2D eigenvalue weighted by atomic mass is 32.2. The van der Waals surface area contributed by atoms with Crippen LogP contribution in [-0.4, -0.2) is 57.4 Å². The molecule has 1 aromatic rings. The van der Waals surface area contributed by atoms with E-state index in [9.17, 15) is 13.2 Å². The second-order valence-corrected chi connectivity index (χ2v) is 8.96. The van der Waals surface area contributed by atoms with Crippen LogP contribution in [0.2, 0.25) is 0 Å². The van der Waals surface area contributed by atoms with E-state index in [1.165, 1.54) is 7.11 Å². The molecule has 1 aromatic carbocycles. The highest BCUT2D eigenvalue weighted by Gasteiger charge is 2.49. The number of ether oxygens (including phenoxy) is 2. The Kier molecular flexibility index (Phi) is 5.02. The highest BCUT2D eigenvalue weighted by molar-refractivity contribution is 7.86. The Hall–Kier alpha value is -1.64. The van der Waals surface area contributed by atoms with E-state index in [1.54, 1.807) is 18.2 Å². The van der Waals surface area contributed by atoms with Crippen LogP contribution in [0.5, 0.6) is 5.75 Å². The van der Waals surface area contributed by atoms with Gasteiger partial charge in [0.15, 0.2) is 0 Å². The van der Waals surface area contributed by atoms with Crippen LogP contribution in [0.3, 0.4) is 0 Å². The zero-order chi connectivity index (χ0) is 19.1. The molecule has 0 amide bonds. The number of esters is 1. The average molecular weight is 383 g/mol. The fourth-order valence-corrected chi connectivity index (χ4v) is 4.48. The smallest absolute Gasteiger partial charge is 0.337 e. The quantitative estimate of drug-likeness (QED) is 0.582. The predicted octanol–water partition coefficient (Wildman–Crippen LogP) is 2.13. The van der Waals surface area contributed by atoms with E-state index >= 15 is 0 Å². The number of nitrogens with zero attached hydrogens (tertiary/aromatic N) is 1. The molecule has 7 nitrogen and oxygen atoms in total. The van der Waals surface area contributed by atoms with Crippen molar-refractivity contribution in [2.45, 2.75) is 44.4 Å². The summed E-state index contributed by atoms with van der Waals surface area (Å²) in [5, 5.41) is 0. The Morgan fingerprint density at radius 2 is 1.92 bits per heavy atom. The minimum Gasteiger partial charge on any atom is -0.485 e. The molecule has 2 heterocycles. The first-order valence-corrected chi connectivity index (χ1v) is 10.5. The van der Waals surface area contributed by atoms with Crippen molar-refractivity contribution in [1.29, 1.82) is 0 Å². The number of hydrogen-bond donors (Lipinski definition) is 0. The van der Waals surface area contributed by atoms with Crippen molar-refractivity contribution in [2.24, 2.45) is 0 Å². The molecule has 26 heavy (non-hydrogen) atoms. The average Bonchev–Trinajstić information content (AvgIpc) is 3.07. The number of carbonyl (C=O) groups is 1. The van der Waals surface area contributed by atoms with Gasteiger partial charge in [-0.25, -0.2) is 4.79 Å². The lowest BCUT2D eigenvalue weighted by atomic mass is 9.85. The van der Waals surface area contributed by atoms with E-state index in [1.807, 2.05) is 13.8 Å². The molecule has 144 valence electrons. The number of hydrogen-bond acceptors (Lipinski definition) is 7. The molecule has 0 radical (unpaired) electrons. The monoisotopic (exact) mass is 383 g/mol. The zero-order valence-electron chi connectivity index (χ0n) is 15.5. The minimum atomic E-state index is -3.69. The Morgan fingerprint density at radius 1 is 1.27 bits per heavy atom. The molecule has 0 aromatic heterocycles. The van der Waals surface area contributed by atoms with Crippen molar-refractivity contribution in [2.75, 3.05) is 26.5 Å². The lowest BCUT2D eigenvalue weighted by molar-refractivity contribution is -0.0725. The molecule has 8 heteroatoms. The van der Waals surface area contributed by atoms with Gasteiger partial charge in [-0.15, -0.1) is 0 Å². The number of methoxy groups -OCH3 is 1. The molecular formula is C18H25NO6S. The third-order valence-corrected chi connectivity index (χ3v) is 5.46. The first kappa shape index (κ1) is 19.1. The van der Waals surface area contributed by atoms with Gasteiger partial charge in [0.1, 0.15) is 17.5 Å². The fourth-order valence-electron chi connectivity index (χ4n) is 3.77. The first-order chi connectivity index (χ1) is 12.1. The van der Waals surface area contributed by atoms with Gasteiger partial charge in [-0.1, -0.05) is 0 Å². The van der Waals surface area contributed by atoms with Crippen molar-refractivity contribution < 1.29 is 26.9 Å². The second kappa shape index (κ2) is 6.83. The number of carbonyl (C=O) groups excluding carboxylic acids is 1. The Morgan fingerprint density at radius 3 is 2.50 bits per heavy atom. The molecule has 0 spiro atoms. The van der Waals surface area contributed by atoms with Crippen molar-refractivity contribution in [1.82, 2.24) is 4.90 Å². The van der Waals surface area contributed by atoms with E-state index in [2.05, 4.69) is 4.90 Å². The van der Waals surface area contributed by atoms with Gasteiger partial charge in [0.2, 0.25) is 0 Å². The minimum absolute atomic E-state index is 0.324. The molecule has 2 aliphatic heterocycles. The van der Waals surface area contributed by atoms with Gasteiger partial charge in [-0.05, 0) is 58.0 Å². The summed E-state index contributed by atoms with van der Waals surface area (Å²) in [6.45, 7) is 5.32. The molecule has 0 unspecified atom stereocenters. The van der Waals surface area contributed by atoms with Gasteiger partial charge in [0.25, 0.3) is 10.1 Å². The van der Waals surface area contributed by atoms with E-state index in [0.29, 0.717) is 11.3 Å². The summed E-state index contributed by atoms with van der Waals surface area (Å²) in [4.78, 5) is 14.2. The standard InChI is InChI=1S/C18H25NO6S/c1-18(2)16(25-26(4,21)22)15(19-9-5-6-10-19)13-11-12(17(20)23-3)7-8-14(13)24-18/h7-8,11,15-16H,5-6,9-10H2,1-4H3/t15-,16+/m0/s1. The fraction of sp³-hybridized carbons (Fsp3) is 0.611. The lowest BCUT2D eigenvalue weighted by Gasteiger charge is -2.46. The summed E-state index contributed by atoms with van der Waals surface area (Å²) in [7, 11) is -2.36. The second-order valence-electron chi connectivity index (χ2n) is 7.36. The van der Waals surface area contributed by atoms with Gasteiger partial charge in [-0.3, -0.25) is 9.08 Å². The maximum Gasteiger partial charge on any atom is 0.337 e. The molecule has 0 aliphatic carbocycles. The molecule has 0 saturated carbocycles. The Bertz CT molecular complexity index is 798. The number of rotatable bonds is 4. The van der Waals surface area contributed by atoms with Gasteiger partial charge in [-0.2, -0.15) is 8.42 Å². The van der Waals surface area contributed by atoms with Crippen LogP contribution in [-0.2, 0) is 19.0 Å². The third-order valence-electron chi connectivity index (χ3n) is 4.91. The van der Waals surface area contributed by atoms with Crippen LogP contribution >= 0.6 is 0 Å². The predicted molar refractivity (Wildman–Crippen MR) is 95.8 cm³/mol. The molecule has 2 aliphatic rings. The molecule has 1 fully saturated rings. The molecule has 2 atom stereocenters. The van der Waals surface area contributed by atoms with E-state index in [0.717, 1.165) is 37.8 Å². The number of fused-ring (bicyclic) bond motifs is 1. The number of benzene rings is 1. The molecular weight excluding hydrogens is 358 g/mol. The van der Waals surface area contributed by atoms with Crippen LogP contribution < -0.4 is 4.74 Å². The van der Waals surface area contributed by atoms with Gasteiger partial charge in [0, 0.05) is 5.56 Å². The topological polar surface area (TPSA) is 82.1 Å². The lowest BCUT2D eigenvalue weighted by Crippen LogP contribution is -2.55. The highest BCUT2D eigenvalue weighted by Crippen LogP contribution is 2.46. The summed E-state index contributed by atoms with van der Waals surface area (Å²) >= 11 is 0. The Balaban J connectivity index is 2.12. The summed E-state index contributed by atoms with van der Waals surface area (Å²) in [5.41, 5.74) is 0.301. The van der Waals surface area contributed by atoms with E-state index in [-0.39, 0.29) is 6.04 Å². The normalized spacial score (nSPS) is 25.4. The zero-order valence-corrected chi connectivity index (χ0v) is 16.3. The third kappa shape index (κ3) is 3.72. The number of likely N-dealkylation sites (tertiary alicyclic amines) is 1. The van der Waals surface area contributed by atoms with Crippen molar-refractivity contribution in [3.8, 4) is 5.75 Å². The SMILES string of the molecule is COC(=O)c1ccc2c(c1)[C@H](N1CCCC1)[C@@H](OS(C)(=O)=O)C(C)(C)O2. The molecule has 0 bridgehead atoms. The largest absolute Gasteiger partial charge is 0.485 e. The molecule has 1 saturated heterocycles. The van der Waals surface area contributed by atoms with Crippen molar-refractivity contribution >= 4 is 16.1 Å². The van der Waals surface area contributed by atoms with Gasteiger partial charge in [0.05, 0.1) is 25.0 Å². The molecule has 3 rings (SSSR count). The van der Waals surface area contributed by atoms with Crippen LogP contribution in [0.15, 0.2) is 18.2 Å². The van der Waals surface area contributed by atoms with Crippen LogP contribution in [0, 0.1) is 0 Å². The summed E-state index contributed by atoms with van der Waals surface area (Å²) in [5.74, 6) is 0.186. The van der Waals surface area contributed by atoms with Crippen LogP contribution in [0.4, 0.5) is 0 Å². The summed E-state index contributed by atoms with van der Waals surface area (Å²) < 4.78 is 40.2. The van der Waals surface area contributed by atoms with Gasteiger partial charge >= 0.3 is 5.97 Å². The van der Waals surface area contributed by atoms with E-state index < -0.39 is 27.8 Å². The maximum atomic E-state index is 12.0. The summed E-state index contributed by atoms with van der Waals surface area (Å²) in [6, 6.07) is 4.79. The molecule has 0 N–H and O–H groups in total. The maximum absolute atomic E-state index is 12.0. The Labute approximate surface area is 154 Å².